The highest BCUT2D eigenvalue weighted by Crippen LogP contribution is 2.38. The first-order valence-corrected chi connectivity index (χ1v) is 13.6. The molecule has 1 aliphatic rings. The number of fused-ring (bicyclic) bond motifs is 1. The number of halogens is 1. The average molecular weight is 454 g/mol. The molecule has 3 N–H and O–H groups in total. The molecule has 3 rings (SSSR count). The molecule has 2 unspecified atom stereocenters. The number of hydrogen-bond acceptors (Lipinski definition) is 5. The van der Waals surface area contributed by atoms with Crippen molar-refractivity contribution >= 4 is 42.9 Å². The van der Waals surface area contributed by atoms with Crippen LogP contribution < -0.4 is 5.32 Å². The van der Waals surface area contributed by atoms with Gasteiger partial charge >= 0.3 is 6.09 Å². The molecule has 1 aliphatic heterocycles. The predicted molar refractivity (Wildman–Crippen MR) is 122 cm³/mol. The molecule has 0 radical (unpaired) electrons. The molecule has 1 fully saturated rings. The highest BCUT2D eigenvalue weighted by molar-refractivity contribution is 6.74. The number of anilines is 1. The van der Waals surface area contributed by atoms with Gasteiger partial charge in [0.2, 0.25) is 5.28 Å². The highest BCUT2D eigenvalue weighted by Gasteiger charge is 2.42. The Labute approximate surface area is 183 Å². The van der Waals surface area contributed by atoms with Crippen molar-refractivity contribution < 1.29 is 14.3 Å². The number of carboxylic acid groups (broad SMARTS) is 1. The van der Waals surface area contributed by atoms with E-state index < -0.39 is 14.4 Å². The lowest BCUT2D eigenvalue weighted by molar-refractivity contribution is 0.0404. The molecule has 166 valence electrons. The minimum Gasteiger partial charge on any atom is -0.465 e. The number of likely N-dealkylation sites (tertiary alicyclic amines) is 1. The first-order valence-electron chi connectivity index (χ1n) is 10.3. The number of aromatic amines is 1. The van der Waals surface area contributed by atoms with Gasteiger partial charge in [0.25, 0.3) is 0 Å². The molecule has 1 amide bonds. The van der Waals surface area contributed by atoms with Gasteiger partial charge in [0, 0.05) is 18.8 Å². The van der Waals surface area contributed by atoms with E-state index in [9.17, 15) is 9.90 Å². The average Bonchev–Trinajstić information content (AvgIpc) is 3.08. The Kier molecular flexibility index (Phi) is 6.36. The third-order valence-corrected chi connectivity index (χ3v) is 11.2. The van der Waals surface area contributed by atoms with Crippen LogP contribution in [0.2, 0.25) is 23.4 Å². The number of carbonyl (C=O) groups is 1. The van der Waals surface area contributed by atoms with Crippen molar-refractivity contribution in [2.75, 3.05) is 11.9 Å². The molecule has 0 saturated carbocycles. The van der Waals surface area contributed by atoms with Gasteiger partial charge in [-0.1, -0.05) is 20.8 Å². The molecule has 0 spiro atoms. The van der Waals surface area contributed by atoms with Crippen molar-refractivity contribution in [1.29, 1.82) is 0 Å². The van der Waals surface area contributed by atoms with E-state index in [-0.39, 0.29) is 28.5 Å². The number of H-pyrrole nitrogens is 1. The summed E-state index contributed by atoms with van der Waals surface area (Å²) < 4.78 is 6.51. The second-order valence-corrected chi connectivity index (χ2v) is 14.7. The first kappa shape index (κ1) is 22.8. The van der Waals surface area contributed by atoms with Crippen LogP contribution in [0.1, 0.15) is 40.5 Å². The lowest BCUT2D eigenvalue weighted by atomic mass is 9.95. The van der Waals surface area contributed by atoms with Crippen molar-refractivity contribution in [1.82, 2.24) is 19.9 Å². The Morgan fingerprint density at radius 1 is 1.40 bits per heavy atom. The lowest BCUT2D eigenvalue weighted by Crippen LogP contribution is -2.57. The van der Waals surface area contributed by atoms with Crippen LogP contribution in [0, 0.1) is 0 Å². The number of nitrogens with zero attached hydrogens (tertiary/aromatic N) is 3. The summed E-state index contributed by atoms with van der Waals surface area (Å²) in [6.45, 7) is 13.3. The van der Waals surface area contributed by atoms with E-state index in [2.05, 4.69) is 54.1 Å². The van der Waals surface area contributed by atoms with Crippen LogP contribution in [-0.4, -0.2) is 64.1 Å². The largest absolute Gasteiger partial charge is 0.465 e. The van der Waals surface area contributed by atoms with Crippen LogP contribution in [0.25, 0.3) is 11.0 Å². The zero-order chi connectivity index (χ0) is 22.3. The fourth-order valence-electron chi connectivity index (χ4n) is 3.76. The van der Waals surface area contributed by atoms with Crippen LogP contribution in [-0.2, 0) is 4.43 Å². The molecule has 10 heteroatoms. The fraction of sp³-hybridized carbons (Fsp3) is 0.650. The van der Waals surface area contributed by atoms with E-state index >= 15 is 0 Å². The highest BCUT2D eigenvalue weighted by atomic mass is 35.5. The lowest BCUT2D eigenvalue weighted by Gasteiger charge is -2.45. The molecule has 30 heavy (non-hydrogen) atoms. The number of rotatable bonds is 5. The molecule has 0 bridgehead atoms. The van der Waals surface area contributed by atoms with Gasteiger partial charge in [0.1, 0.15) is 11.5 Å². The third kappa shape index (κ3) is 4.73. The molecule has 0 aromatic carbocycles. The molecular formula is C20H32ClN5O3Si. The van der Waals surface area contributed by atoms with Crippen LogP contribution >= 0.6 is 11.6 Å². The second-order valence-electron chi connectivity index (χ2n) is 9.59. The van der Waals surface area contributed by atoms with E-state index in [4.69, 9.17) is 16.0 Å². The Morgan fingerprint density at radius 2 is 2.10 bits per heavy atom. The van der Waals surface area contributed by atoms with Crippen molar-refractivity contribution in [3.63, 3.8) is 0 Å². The van der Waals surface area contributed by atoms with E-state index in [1.165, 1.54) is 4.90 Å². The number of aromatic nitrogens is 3. The van der Waals surface area contributed by atoms with Gasteiger partial charge in [0.15, 0.2) is 8.32 Å². The molecule has 8 nitrogen and oxygen atoms in total. The summed E-state index contributed by atoms with van der Waals surface area (Å²) in [5.74, 6) is 0.616. The summed E-state index contributed by atoms with van der Waals surface area (Å²) in [4.78, 5) is 25.1. The van der Waals surface area contributed by atoms with Crippen molar-refractivity contribution in [3.8, 4) is 0 Å². The second kappa shape index (κ2) is 8.36. The van der Waals surface area contributed by atoms with Crippen LogP contribution in [0.3, 0.4) is 0 Å². The van der Waals surface area contributed by atoms with E-state index in [1.807, 2.05) is 13.0 Å². The monoisotopic (exact) mass is 453 g/mol. The van der Waals surface area contributed by atoms with E-state index in [0.717, 1.165) is 18.2 Å². The summed E-state index contributed by atoms with van der Waals surface area (Å²) in [7, 11) is -1.99. The minimum absolute atomic E-state index is 0.0681. The maximum Gasteiger partial charge on any atom is 0.407 e. The molecule has 2 aromatic rings. The topological polar surface area (TPSA) is 103 Å². The molecule has 3 atom stereocenters. The standard InChI is InChI=1S/C20H32ClN5O3Si/c1-12(29-30(5,6)20(2,3)4)15-8-7-13(11-26(15)19(27)28)23-17-14-9-10-22-16(14)24-18(21)25-17/h9-10,12-13,15H,7-8,11H2,1-6H3,(H,27,28)(H2,22,23,24,25)/t12-,13?,15?/m1/s1. The summed E-state index contributed by atoms with van der Waals surface area (Å²) in [5.41, 5.74) is 0.651. The summed E-state index contributed by atoms with van der Waals surface area (Å²) in [5, 5.41) is 14.3. The van der Waals surface area contributed by atoms with E-state index in [1.54, 1.807) is 6.20 Å². The number of amides is 1. The predicted octanol–water partition coefficient (Wildman–Crippen LogP) is 4.94. The molecule has 2 aromatic heterocycles. The number of piperidine rings is 1. The fourth-order valence-corrected chi connectivity index (χ4v) is 5.36. The van der Waals surface area contributed by atoms with Crippen molar-refractivity contribution in [2.45, 2.75) is 76.9 Å². The summed E-state index contributed by atoms with van der Waals surface area (Å²) >= 11 is 6.04. The normalized spacial score (nSPS) is 21.6. The van der Waals surface area contributed by atoms with Gasteiger partial charge in [-0.3, -0.25) is 0 Å². The SMILES string of the molecule is C[C@@H](O[Si](C)(C)C(C)(C)C)C1CCC(Nc2nc(Cl)nc3[nH]ccc23)CN1C(=O)O. The molecule has 3 heterocycles. The Hall–Kier alpha value is -1.84. The van der Waals surface area contributed by atoms with Gasteiger partial charge in [-0.05, 0) is 55.6 Å². The number of nitrogens with one attached hydrogen (secondary N) is 2. The van der Waals surface area contributed by atoms with Crippen molar-refractivity contribution in [2.24, 2.45) is 0 Å². The smallest absolute Gasteiger partial charge is 0.407 e. The van der Waals surface area contributed by atoms with Gasteiger partial charge in [-0.25, -0.2) is 9.78 Å². The van der Waals surface area contributed by atoms with Gasteiger partial charge in [-0.2, -0.15) is 4.98 Å². The summed E-state index contributed by atoms with van der Waals surface area (Å²) in [6, 6.07) is 1.64. The van der Waals surface area contributed by atoms with Crippen LogP contribution in [0.5, 0.6) is 0 Å². The quantitative estimate of drug-likeness (QED) is 0.437. The third-order valence-electron chi connectivity index (χ3n) is 6.43. The maximum atomic E-state index is 12.1. The number of hydrogen-bond donors (Lipinski definition) is 3. The Balaban J connectivity index is 1.74. The Bertz CT molecular complexity index is 913. The first-order chi connectivity index (χ1) is 13.9. The Morgan fingerprint density at radius 3 is 2.73 bits per heavy atom. The van der Waals surface area contributed by atoms with Gasteiger partial charge in [-0.15, -0.1) is 0 Å². The van der Waals surface area contributed by atoms with Crippen LogP contribution in [0.15, 0.2) is 12.3 Å². The van der Waals surface area contributed by atoms with Gasteiger partial charge in [0.05, 0.1) is 17.5 Å². The summed E-state index contributed by atoms with van der Waals surface area (Å²) in [6.07, 6.45) is 2.22. The molecule has 1 saturated heterocycles. The maximum absolute atomic E-state index is 12.1. The zero-order valence-electron chi connectivity index (χ0n) is 18.5. The zero-order valence-corrected chi connectivity index (χ0v) is 20.2. The van der Waals surface area contributed by atoms with Crippen molar-refractivity contribution in [3.05, 3.63) is 17.5 Å². The van der Waals surface area contributed by atoms with E-state index in [0.29, 0.717) is 18.0 Å². The van der Waals surface area contributed by atoms with Crippen LogP contribution in [0.4, 0.5) is 10.6 Å². The van der Waals surface area contributed by atoms with Gasteiger partial charge < -0.3 is 24.7 Å². The molecular weight excluding hydrogens is 422 g/mol. The molecule has 0 aliphatic carbocycles. The minimum atomic E-state index is -1.99.